The third kappa shape index (κ3) is 0.669. The van der Waals surface area contributed by atoms with Crippen molar-refractivity contribution in [2.45, 2.75) is 0 Å². The molecule has 0 amide bonds. The minimum Gasteiger partial charge on any atom is -0.337 e. The molecule has 2 rings (SSSR count). The van der Waals surface area contributed by atoms with Crippen molar-refractivity contribution in [1.82, 2.24) is 15.0 Å². The highest BCUT2D eigenvalue weighted by molar-refractivity contribution is 5.79. The number of rotatable bonds is 0. The maximum atomic E-state index is 5.61. The summed E-state index contributed by atoms with van der Waals surface area (Å²) in [6.07, 6.45) is 1.48. The molecule has 0 aliphatic rings. The monoisotopic (exact) mass is 166 g/mol. The Morgan fingerprint density at radius 1 is 1.42 bits per heavy atom. The first-order valence-corrected chi connectivity index (χ1v) is 3.25. The number of aromatic amines is 1. The molecule has 0 fully saturated rings. The van der Waals surface area contributed by atoms with Gasteiger partial charge >= 0.3 is 5.95 Å². The number of nitrogen functional groups attached to an aromatic ring is 3. The van der Waals surface area contributed by atoms with Gasteiger partial charge in [-0.05, 0) is 0 Å². The van der Waals surface area contributed by atoms with Gasteiger partial charge in [0.1, 0.15) is 0 Å². The van der Waals surface area contributed by atoms with Crippen LogP contribution in [0, 0.1) is 0 Å². The summed E-state index contributed by atoms with van der Waals surface area (Å²) in [5.41, 5.74) is 12.1. The van der Waals surface area contributed by atoms with E-state index in [1.807, 2.05) is 0 Å². The van der Waals surface area contributed by atoms with Crippen molar-refractivity contribution < 1.29 is 4.68 Å². The highest BCUT2D eigenvalue weighted by atomic mass is 15.4. The lowest BCUT2D eigenvalue weighted by Crippen LogP contribution is -2.50. The lowest BCUT2D eigenvalue weighted by Gasteiger charge is -1.98. The van der Waals surface area contributed by atoms with Crippen LogP contribution in [-0.4, -0.2) is 15.0 Å². The highest BCUT2D eigenvalue weighted by Gasteiger charge is 2.14. The molecule has 7 N–H and O–H groups in total. The summed E-state index contributed by atoms with van der Waals surface area (Å²) < 4.78 is 1.10. The molecule has 0 saturated carbocycles. The lowest BCUT2D eigenvalue weighted by molar-refractivity contribution is -0.610. The van der Waals surface area contributed by atoms with Gasteiger partial charge in [0.25, 0.3) is 0 Å². The SMILES string of the molecule is Nc1nc2nc[nH]c2c(N)[n+]1N. The Bertz CT molecular complexity index is 431. The largest absolute Gasteiger partial charge is 0.368 e. The molecular weight excluding hydrogens is 158 g/mol. The van der Waals surface area contributed by atoms with E-state index in [1.54, 1.807) is 0 Å². The molecule has 0 bridgehead atoms. The molecule has 0 atom stereocenters. The first-order chi connectivity index (χ1) is 5.70. The maximum absolute atomic E-state index is 5.61. The standard InChI is InChI=1S/C5H7N7/c6-3-2-4(10-1-9-2)11-5(7)12(3)8/h1H,8H2,(H4,6,7,9,10,11)/p+1. The van der Waals surface area contributed by atoms with Crippen LogP contribution in [0.1, 0.15) is 0 Å². The predicted octanol–water partition coefficient (Wildman–Crippen LogP) is -1.88. The number of anilines is 2. The Labute approximate surface area is 67.2 Å². The van der Waals surface area contributed by atoms with E-state index in [0.29, 0.717) is 17.0 Å². The van der Waals surface area contributed by atoms with Crippen LogP contribution in [0.25, 0.3) is 11.2 Å². The van der Waals surface area contributed by atoms with Crippen molar-refractivity contribution in [1.29, 1.82) is 0 Å². The minimum absolute atomic E-state index is 0.132. The van der Waals surface area contributed by atoms with Gasteiger partial charge in [-0.25, -0.2) is 4.98 Å². The molecule has 2 aromatic heterocycles. The summed E-state index contributed by atoms with van der Waals surface area (Å²) >= 11 is 0. The van der Waals surface area contributed by atoms with E-state index in [1.165, 1.54) is 6.33 Å². The second kappa shape index (κ2) is 1.97. The van der Waals surface area contributed by atoms with Crippen LogP contribution in [0.15, 0.2) is 6.33 Å². The molecule has 2 heterocycles. The van der Waals surface area contributed by atoms with Gasteiger partial charge < -0.3 is 16.5 Å². The molecule has 0 saturated heterocycles. The van der Waals surface area contributed by atoms with Gasteiger partial charge in [-0.3, -0.25) is 5.84 Å². The van der Waals surface area contributed by atoms with Crippen LogP contribution in [0.3, 0.4) is 0 Å². The molecule has 0 aliphatic carbocycles. The molecule has 12 heavy (non-hydrogen) atoms. The second-order valence-electron chi connectivity index (χ2n) is 2.33. The summed E-state index contributed by atoms with van der Waals surface area (Å²) in [6, 6.07) is 0. The molecule has 2 aromatic rings. The summed E-state index contributed by atoms with van der Waals surface area (Å²) in [6.45, 7) is 0. The predicted molar refractivity (Wildman–Crippen MR) is 43.1 cm³/mol. The van der Waals surface area contributed by atoms with E-state index < -0.39 is 0 Å². The average molecular weight is 166 g/mol. The Morgan fingerprint density at radius 3 is 2.92 bits per heavy atom. The van der Waals surface area contributed by atoms with Crippen LogP contribution >= 0.6 is 0 Å². The number of H-pyrrole nitrogens is 1. The van der Waals surface area contributed by atoms with Gasteiger partial charge in [0.2, 0.25) is 11.5 Å². The van der Waals surface area contributed by atoms with Gasteiger partial charge in [-0.2, -0.15) is 0 Å². The number of nitrogens with two attached hydrogens (primary N) is 3. The van der Waals surface area contributed by atoms with Gasteiger partial charge in [0.05, 0.1) is 6.33 Å². The number of hydrogen-bond donors (Lipinski definition) is 4. The van der Waals surface area contributed by atoms with Crippen LogP contribution in [0.5, 0.6) is 0 Å². The maximum Gasteiger partial charge on any atom is 0.368 e. The number of imidazole rings is 1. The Kier molecular flexibility index (Phi) is 1.09. The minimum atomic E-state index is 0.132. The number of hydrogen-bond acceptors (Lipinski definition) is 5. The topological polar surface area (TPSA) is 124 Å². The summed E-state index contributed by atoms with van der Waals surface area (Å²) in [5.74, 6) is 5.91. The quantitative estimate of drug-likeness (QED) is 0.269. The molecule has 7 heteroatoms. The average Bonchev–Trinajstić information content (AvgIpc) is 2.48. The fourth-order valence-electron chi connectivity index (χ4n) is 0.967. The zero-order valence-corrected chi connectivity index (χ0v) is 6.15. The van der Waals surface area contributed by atoms with Gasteiger partial charge in [0.15, 0.2) is 5.52 Å². The lowest BCUT2D eigenvalue weighted by atomic mass is 10.5. The van der Waals surface area contributed by atoms with Crippen LogP contribution in [0.2, 0.25) is 0 Å². The van der Waals surface area contributed by atoms with E-state index in [4.69, 9.17) is 17.3 Å². The molecule has 0 unspecified atom stereocenters. The van der Waals surface area contributed by atoms with Crippen molar-refractivity contribution in [2.24, 2.45) is 0 Å². The van der Waals surface area contributed by atoms with Crippen LogP contribution in [0.4, 0.5) is 11.8 Å². The number of nitrogens with zero attached hydrogens (tertiary/aromatic N) is 3. The Hall–Kier alpha value is -2.05. The van der Waals surface area contributed by atoms with Gasteiger partial charge in [-0.15, -0.1) is 4.68 Å². The van der Waals surface area contributed by atoms with Crippen molar-refractivity contribution in [3.63, 3.8) is 0 Å². The number of fused-ring (bicyclic) bond motifs is 1. The smallest absolute Gasteiger partial charge is 0.337 e. The van der Waals surface area contributed by atoms with Crippen molar-refractivity contribution in [2.75, 3.05) is 17.3 Å². The van der Waals surface area contributed by atoms with E-state index in [-0.39, 0.29) is 5.95 Å². The number of nitrogens with one attached hydrogen (secondary N) is 1. The van der Waals surface area contributed by atoms with Crippen molar-refractivity contribution >= 4 is 22.9 Å². The zero-order chi connectivity index (χ0) is 8.72. The molecule has 62 valence electrons. The van der Waals surface area contributed by atoms with E-state index in [0.717, 1.165) is 4.68 Å². The van der Waals surface area contributed by atoms with Gasteiger partial charge in [-0.1, -0.05) is 4.98 Å². The second-order valence-corrected chi connectivity index (χ2v) is 2.33. The van der Waals surface area contributed by atoms with Crippen LogP contribution in [-0.2, 0) is 0 Å². The Balaban J connectivity index is 2.94. The third-order valence-electron chi connectivity index (χ3n) is 1.60. The summed E-state index contributed by atoms with van der Waals surface area (Å²) in [7, 11) is 0. The van der Waals surface area contributed by atoms with E-state index >= 15 is 0 Å². The fraction of sp³-hybridized carbons (Fsp3) is 0. The van der Waals surface area contributed by atoms with E-state index in [9.17, 15) is 0 Å². The Morgan fingerprint density at radius 2 is 2.17 bits per heavy atom. The van der Waals surface area contributed by atoms with Crippen molar-refractivity contribution in [3.8, 4) is 0 Å². The molecule has 0 radical (unpaired) electrons. The fourth-order valence-corrected chi connectivity index (χ4v) is 0.967. The highest BCUT2D eigenvalue weighted by Crippen LogP contribution is 2.10. The summed E-state index contributed by atoms with van der Waals surface area (Å²) in [4.78, 5) is 10.6. The van der Waals surface area contributed by atoms with E-state index in [2.05, 4.69) is 15.0 Å². The molecular formula is C5H8N7+. The summed E-state index contributed by atoms with van der Waals surface area (Å²) in [5, 5.41) is 0. The number of aromatic nitrogens is 4. The molecule has 0 spiro atoms. The molecule has 0 aromatic carbocycles. The molecule has 0 aliphatic heterocycles. The van der Waals surface area contributed by atoms with Crippen LogP contribution < -0.4 is 22.0 Å². The molecule has 7 nitrogen and oxygen atoms in total. The normalized spacial score (nSPS) is 10.7. The first kappa shape index (κ1) is 6.65. The first-order valence-electron chi connectivity index (χ1n) is 3.25. The van der Waals surface area contributed by atoms with Crippen molar-refractivity contribution in [3.05, 3.63) is 6.33 Å². The zero-order valence-electron chi connectivity index (χ0n) is 6.15. The van der Waals surface area contributed by atoms with Gasteiger partial charge in [0, 0.05) is 0 Å². The third-order valence-corrected chi connectivity index (χ3v) is 1.60.